The molecule has 1 aromatic carbocycles. The molecule has 2 atom stereocenters. The average Bonchev–Trinajstić information content (AvgIpc) is 2.84. The molecule has 1 saturated heterocycles. The van der Waals surface area contributed by atoms with E-state index in [2.05, 4.69) is 12.0 Å². The number of hydrogen-bond donors (Lipinski definition) is 1. The molecule has 0 amide bonds. The van der Waals surface area contributed by atoms with Crippen LogP contribution in [-0.2, 0) is 6.67 Å². The first-order valence-electron chi connectivity index (χ1n) is 7.22. The molecule has 0 aliphatic carbocycles. The molecule has 0 radical (unpaired) electrons. The zero-order valence-electron chi connectivity index (χ0n) is 11.7. The highest BCUT2D eigenvalue weighted by Gasteiger charge is 2.23. The van der Waals surface area contributed by atoms with Gasteiger partial charge in [0.05, 0.1) is 12.6 Å². The number of piperidine rings is 1. The standard InChI is InChI=1S/C15H19N3OS/c1-12-7-5-6-10-17(12)11-18-15(20)19-14(16-18)13-8-3-2-4-9-13/h2-4,8-9,12H,5-7,10-11H2,1H3/p+1/t12-/m1/s1. The number of nitrogens with one attached hydrogen (secondary N) is 1. The maximum Gasteiger partial charge on any atom is 0.292 e. The fourth-order valence-electron chi connectivity index (χ4n) is 2.78. The molecule has 20 heavy (non-hydrogen) atoms. The van der Waals surface area contributed by atoms with Crippen molar-refractivity contribution in [2.45, 2.75) is 38.9 Å². The molecule has 0 saturated carbocycles. The Morgan fingerprint density at radius 1 is 1.35 bits per heavy atom. The van der Waals surface area contributed by atoms with Crippen LogP contribution in [0.1, 0.15) is 26.2 Å². The molecule has 2 aromatic rings. The number of hydrogen-bond acceptors (Lipinski definition) is 3. The largest absolute Gasteiger partial charge is 0.409 e. The minimum atomic E-state index is 0.467. The summed E-state index contributed by atoms with van der Waals surface area (Å²) in [5.41, 5.74) is 0.971. The Bertz CT molecular complexity index is 620. The van der Waals surface area contributed by atoms with Crippen molar-refractivity contribution in [3.05, 3.63) is 35.2 Å². The molecular weight excluding hydrogens is 270 g/mol. The van der Waals surface area contributed by atoms with Crippen LogP contribution >= 0.6 is 12.2 Å². The van der Waals surface area contributed by atoms with Gasteiger partial charge in [0.15, 0.2) is 6.67 Å². The molecule has 0 spiro atoms. The molecule has 4 nitrogen and oxygen atoms in total. The number of nitrogens with zero attached hydrogens (tertiary/aromatic N) is 2. The normalized spacial score (nSPS) is 22.9. The van der Waals surface area contributed by atoms with Crippen molar-refractivity contribution in [3.63, 3.8) is 0 Å². The second kappa shape index (κ2) is 5.89. The second-order valence-corrected chi connectivity index (χ2v) is 5.85. The maximum atomic E-state index is 5.63. The van der Waals surface area contributed by atoms with Gasteiger partial charge >= 0.3 is 0 Å². The van der Waals surface area contributed by atoms with Crippen molar-refractivity contribution < 1.29 is 9.32 Å². The highest BCUT2D eigenvalue weighted by Crippen LogP contribution is 2.16. The zero-order valence-corrected chi connectivity index (χ0v) is 12.5. The number of benzene rings is 1. The molecule has 1 unspecified atom stereocenters. The first-order chi connectivity index (χ1) is 9.74. The summed E-state index contributed by atoms with van der Waals surface area (Å²) in [6.45, 7) is 4.29. The van der Waals surface area contributed by atoms with Crippen LogP contribution in [0.25, 0.3) is 11.5 Å². The fourth-order valence-corrected chi connectivity index (χ4v) is 2.97. The molecule has 1 aliphatic heterocycles. The summed E-state index contributed by atoms with van der Waals surface area (Å²) in [6, 6.07) is 10.6. The van der Waals surface area contributed by atoms with Gasteiger partial charge < -0.3 is 9.32 Å². The van der Waals surface area contributed by atoms with Gasteiger partial charge in [-0.2, -0.15) is 4.68 Å². The van der Waals surface area contributed by atoms with Gasteiger partial charge in [-0.3, -0.25) is 0 Å². The van der Waals surface area contributed by atoms with Crippen molar-refractivity contribution in [2.75, 3.05) is 6.54 Å². The summed E-state index contributed by atoms with van der Waals surface area (Å²) < 4.78 is 7.46. The van der Waals surface area contributed by atoms with E-state index in [-0.39, 0.29) is 0 Å². The number of quaternary nitrogens is 1. The van der Waals surface area contributed by atoms with Gasteiger partial charge in [-0.15, -0.1) is 5.10 Å². The molecule has 1 aromatic heterocycles. The van der Waals surface area contributed by atoms with Crippen molar-refractivity contribution in [2.24, 2.45) is 0 Å². The molecule has 2 heterocycles. The predicted octanol–water partition coefficient (Wildman–Crippen LogP) is 2.29. The highest BCUT2D eigenvalue weighted by molar-refractivity contribution is 7.71. The van der Waals surface area contributed by atoms with Gasteiger partial charge in [0.25, 0.3) is 4.84 Å². The van der Waals surface area contributed by atoms with E-state index in [1.165, 1.54) is 25.8 Å². The lowest BCUT2D eigenvalue weighted by Crippen LogP contribution is -3.15. The van der Waals surface area contributed by atoms with E-state index in [4.69, 9.17) is 16.6 Å². The van der Waals surface area contributed by atoms with Crippen LogP contribution in [0, 0.1) is 4.84 Å². The van der Waals surface area contributed by atoms with Crippen LogP contribution in [0.5, 0.6) is 0 Å². The lowest BCUT2D eigenvalue weighted by Gasteiger charge is -2.29. The first-order valence-corrected chi connectivity index (χ1v) is 7.63. The molecule has 1 fully saturated rings. The van der Waals surface area contributed by atoms with Crippen molar-refractivity contribution >= 4 is 12.2 Å². The fraction of sp³-hybridized carbons (Fsp3) is 0.467. The summed E-state index contributed by atoms with van der Waals surface area (Å²) in [4.78, 5) is 2.01. The van der Waals surface area contributed by atoms with E-state index in [1.54, 1.807) is 4.90 Å². The summed E-state index contributed by atoms with van der Waals surface area (Å²) in [6.07, 6.45) is 3.91. The van der Waals surface area contributed by atoms with Gasteiger partial charge in [-0.05, 0) is 50.5 Å². The summed E-state index contributed by atoms with van der Waals surface area (Å²) in [5, 5.41) is 4.53. The molecule has 3 rings (SSSR count). The van der Waals surface area contributed by atoms with E-state index in [1.807, 2.05) is 35.0 Å². The van der Waals surface area contributed by atoms with Crippen molar-refractivity contribution in [1.29, 1.82) is 0 Å². The van der Waals surface area contributed by atoms with Crippen LogP contribution in [0.15, 0.2) is 34.7 Å². The smallest absolute Gasteiger partial charge is 0.292 e. The molecule has 1 aliphatic rings. The lowest BCUT2D eigenvalue weighted by atomic mass is 10.0. The Kier molecular flexibility index (Phi) is 3.98. The number of rotatable bonds is 3. The Morgan fingerprint density at radius 3 is 2.90 bits per heavy atom. The Hall–Kier alpha value is -1.46. The maximum absolute atomic E-state index is 5.63. The summed E-state index contributed by atoms with van der Waals surface area (Å²) in [5.74, 6) is 0.611. The monoisotopic (exact) mass is 290 g/mol. The van der Waals surface area contributed by atoms with E-state index < -0.39 is 0 Å². The third-order valence-electron chi connectivity index (χ3n) is 4.06. The van der Waals surface area contributed by atoms with E-state index >= 15 is 0 Å². The van der Waals surface area contributed by atoms with E-state index in [9.17, 15) is 0 Å². The number of likely N-dealkylation sites (tertiary alicyclic amines) is 1. The third kappa shape index (κ3) is 2.83. The van der Waals surface area contributed by atoms with Crippen LogP contribution in [0.3, 0.4) is 0 Å². The molecule has 5 heteroatoms. The molecule has 0 bridgehead atoms. The summed E-state index contributed by atoms with van der Waals surface area (Å²) >= 11 is 5.30. The Morgan fingerprint density at radius 2 is 2.15 bits per heavy atom. The molecule has 1 N–H and O–H groups in total. The predicted molar refractivity (Wildman–Crippen MR) is 79.9 cm³/mol. The van der Waals surface area contributed by atoms with Crippen LogP contribution in [-0.4, -0.2) is 22.4 Å². The topological polar surface area (TPSA) is 35.4 Å². The van der Waals surface area contributed by atoms with Gasteiger partial charge in [0.1, 0.15) is 0 Å². The van der Waals surface area contributed by atoms with Crippen LogP contribution in [0.2, 0.25) is 0 Å². The number of aromatic nitrogens is 2. The molecular formula is C15H20N3OS+. The quantitative estimate of drug-likeness (QED) is 0.881. The van der Waals surface area contributed by atoms with E-state index in [0.717, 1.165) is 12.2 Å². The van der Waals surface area contributed by atoms with Crippen LogP contribution < -0.4 is 4.90 Å². The second-order valence-electron chi connectivity index (χ2n) is 5.50. The first kappa shape index (κ1) is 13.5. The SMILES string of the molecule is C[C@@H]1CCCC[NH+]1Cn1nc(-c2ccccc2)oc1=S. The van der Waals surface area contributed by atoms with Gasteiger partial charge in [-0.1, -0.05) is 18.2 Å². The summed E-state index contributed by atoms with van der Waals surface area (Å²) in [7, 11) is 0. The van der Waals surface area contributed by atoms with Crippen LogP contribution in [0.4, 0.5) is 0 Å². The average molecular weight is 290 g/mol. The lowest BCUT2D eigenvalue weighted by molar-refractivity contribution is -0.951. The van der Waals surface area contributed by atoms with E-state index in [0.29, 0.717) is 16.8 Å². The van der Waals surface area contributed by atoms with Gasteiger partial charge in [0, 0.05) is 5.56 Å². The minimum Gasteiger partial charge on any atom is -0.409 e. The van der Waals surface area contributed by atoms with Gasteiger partial charge in [-0.25, -0.2) is 0 Å². The van der Waals surface area contributed by atoms with Gasteiger partial charge in [0.2, 0.25) is 5.89 Å². The minimum absolute atomic E-state index is 0.467. The Labute approximate surface area is 124 Å². The van der Waals surface area contributed by atoms with Crippen molar-refractivity contribution in [1.82, 2.24) is 9.78 Å². The molecule has 106 valence electrons. The highest BCUT2D eigenvalue weighted by atomic mass is 32.1. The van der Waals surface area contributed by atoms with Crippen molar-refractivity contribution in [3.8, 4) is 11.5 Å². The zero-order chi connectivity index (χ0) is 13.9. The Balaban J connectivity index is 1.81. The third-order valence-corrected chi connectivity index (χ3v) is 4.36.